The Morgan fingerprint density at radius 1 is 0.735 bits per heavy atom. The molecule has 0 radical (unpaired) electrons. The summed E-state index contributed by atoms with van der Waals surface area (Å²) >= 11 is 1.90. The van der Waals surface area contributed by atoms with Crippen molar-refractivity contribution in [2.24, 2.45) is 4.99 Å². The van der Waals surface area contributed by atoms with Crippen molar-refractivity contribution in [2.45, 2.75) is 6.29 Å². The fraction of sp³-hybridized carbons (Fsp3) is 0.0333. The molecule has 34 heavy (non-hydrogen) atoms. The minimum Gasteiger partial charge on any atom is -0.353 e. The van der Waals surface area contributed by atoms with E-state index in [1.54, 1.807) is 0 Å². The number of aromatic nitrogens is 1. The van der Waals surface area contributed by atoms with Gasteiger partial charge in [-0.3, -0.25) is 0 Å². The van der Waals surface area contributed by atoms with Gasteiger partial charge in [-0.15, -0.1) is 11.3 Å². The lowest BCUT2D eigenvalue weighted by molar-refractivity contribution is 0.501. The number of allylic oxidation sites excluding steroid dienone is 1. The first-order valence-corrected chi connectivity index (χ1v) is 12.3. The lowest BCUT2D eigenvalue weighted by Crippen LogP contribution is -2.22. The molecule has 0 spiro atoms. The Kier molecular flexibility index (Phi) is 3.60. The molecule has 3 nitrogen and oxygen atoms in total. The van der Waals surface area contributed by atoms with Gasteiger partial charge in [0, 0.05) is 48.7 Å². The second-order valence-corrected chi connectivity index (χ2v) is 9.91. The van der Waals surface area contributed by atoms with Gasteiger partial charge in [0.05, 0.1) is 11.0 Å². The second kappa shape index (κ2) is 6.69. The van der Waals surface area contributed by atoms with Crippen LogP contribution in [0.1, 0.15) is 6.29 Å². The van der Waals surface area contributed by atoms with Gasteiger partial charge >= 0.3 is 0 Å². The van der Waals surface area contributed by atoms with E-state index in [0.717, 1.165) is 0 Å². The third-order valence-corrected chi connectivity index (χ3v) is 8.23. The molecule has 5 aromatic carbocycles. The molecule has 1 unspecified atom stereocenters. The van der Waals surface area contributed by atoms with Crippen LogP contribution in [0.5, 0.6) is 0 Å². The Morgan fingerprint density at radius 3 is 2.29 bits per heavy atom. The fourth-order valence-corrected chi connectivity index (χ4v) is 6.92. The molecule has 7 aromatic rings. The number of hydrogen-bond acceptors (Lipinski definition) is 3. The standard InChI is InChI=1S/C30H19N3S/c1-2-9-19-17-24-23(16-18(19)8-1)27-28(33(24)30-31-14-7-15-32-30)21-11-4-3-10-20(21)26-22-12-5-6-13-25(22)34-29(26)27/h1-17,30-31H. The van der Waals surface area contributed by atoms with Gasteiger partial charge in [-0.2, -0.15) is 0 Å². The van der Waals surface area contributed by atoms with Crippen LogP contribution < -0.4 is 5.32 Å². The predicted octanol–water partition coefficient (Wildman–Crippen LogP) is 8.11. The van der Waals surface area contributed by atoms with Gasteiger partial charge in [-0.25, -0.2) is 4.99 Å². The topological polar surface area (TPSA) is 29.3 Å². The molecule has 160 valence electrons. The molecule has 0 aliphatic carbocycles. The Balaban J connectivity index is 1.72. The predicted molar refractivity (Wildman–Crippen MR) is 147 cm³/mol. The van der Waals surface area contributed by atoms with Crippen molar-refractivity contribution >= 4 is 81.1 Å². The lowest BCUT2D eigenvalue weighted by atomic mass is 9.99. The molecule has 1 aliphatic rings. The average molecular weight is 454 g/mol. The Bertz CT molecular complexity index is 2000. The number of nitrogens with zero attached hydrogens (tertiary/aromatic N) is 2. The van der Waals surface area contributed by atoms with Crippen LogP contribution >= 0.6 is 11.3 Å². The molecule has 4 heteroatoms. The van der Waals surface area contributed by atoms with Crippen molar-refractivity contribution in [2.75, 3.05) is 0 Å². The first-order chi connectivity index (χ1) is 16.9. The average Bonchev–Trinajstić information content (AvgIpc) is 3.44. The highest BCUT2D eigenvalue weighted by Gasteiger charge is 2.24. The summed E-state index contributed by atoms with van der Waals surface area (Å²) in [6.45, 7) is 0. The van der Waals surface area contributed by atoms with Crippen molar-refractivity contribution < 1.29 is 0 Å². The molecule has 0 bridgehead atoms. The number of fused-ring (bicyclic) bond motifs is 11. The molecular formula is C30H19N3S. The van der Waals surface area contributed by atoms with Crippen molar-refractivity contribution in [1.29, 1.82) is 0 Å². The maximum absolute atomic E-state index is 4.83. The number of thiophene rings is 1. The first-order valence-electron chi connectivity index (χ1n) is 11.5. The van der Waals surface area contributed by atoms with Crippen molar-refractivity contribution in [3.63, 3.8) is 0 Å². The highest BCUT2D eigenvalue weighted by molar-refractivity contribution is 7.27. The Hall–Kier alpha value is -4.15. The summed E-state index contributed by atoms with van der Waals surface area (Å²) in [6.07, 6.45) is 5.62. The van der Waals surface area contributed by atoms with Crippen LogP contribution in [0, 0.1) is 0 Å². The summed E-state index contributed by atoms with van der Waals surface area (Å²) in [5, 5.41) is 13.8. The fourth-order valence-electron chi connectivity index (χ4n) is 5.64. The van der Waals surface area contributed by atoms with Crippen molar-refractivity contribution in [1.82, 2.24) is 9.88 Å². The number of benzene rings is 5. The van der Waals surface area contributed by atoms with Gasteiger partial charge in [0.1, 0.15) is 0 Å². The minimum atomic E-state index is -0.193. The summed E-state index contributed by atoms with van der Waals surface area (Å²) in [6, 6.07) is 31.0. The van der Waals surface area contributed by atoms with E-state index in [9.17, 15) is 0 Å². The summed E-state index contributed by atoms with van der Waals surface area (Å²) < 4.78 is 5.07. The quantitative estimate of drug-likeness (QED) is 0.267. The molecular weight excluding hydrogens is 434 g/mol. The molecule has 1 N–H and O–H groups in total. The SMILES string of the molecule is C1=CNC(n2c3cc4ccccc4cc3c3c4sc5ccccc5c4c4ccccc4c32)N=C1. The zero-order valence-electron chi connectivity index (χ0n) is 18.2. The molecule has 0 saturated carbocycles. The lowest BCUT2D eigenvalue weighted by Gasteiger charge is -2.20. The summed E-state index contributed by atoms with van der Waals surface area (Å²) in [5.41, 5.74) is 2.44. The maximum atomic E-state index is 4.83. The zero-order valence-corrected chi connectivity index (χ0v) is 19.0. The molecule has 8 rings (SSSR count). The van der Waals surface area contributed by atoms with Crippen molar-refractivity contribution in [3.05, 3.63) is 97.2 Å². The van der Waals surface area contributed by atoms with Crippen LogP contribution in [0.25, 0.3) is 63.5 Å². The number of aliphatic imine (C=N–C) groups is 1. The van der Waals surface area contributed by atoms with E-state index in [2.05, 4.69) is 94.8 Å². The smallest absolute Gasteiger partial charge is 0.200 e. The Labute approximate surface area is 199 Å². The molecule has 1 aliphatic heterocycles. The largest absolute Gasteiger partial charge is 0.353 e. The summed E-state index contributed by atoms with van der Waals surface area (Å²) in [7, 11) is 0. The van der Waals surface area contributed by atoms with Crippen molar-refractivity contribution in [3.8, 4) is 0 Å². The second-order valence-electron chi connectivity index (χ2n) is 8.86. The van der Waals surface area contributed by atoms with Gasteiger partial charge in [0.25, 0.3) is 0 Å². The van der Waals surface area contributed by atoms with E-state index in [1.165, 1.54) is 63.5 Å². The molecule has 0 saturated heterocycles. The maximum Gasteiger partial charge on any atom is 0.200 e. The van der Waals surface area contributed by atoms with Gasteiger partial charge in [0.15, 0.2) is 6.29 Å². The van der Waals surface area contributed by atoms with Crippen LogP contribution in [-0.2, 0) is 0 Å². The van der Waals surface area contributed by atoms with Gasteiger partial charge < -0.3 is 9.88 Å². The van der Waals surface area contributed by atoms with E-state index < -0.39 is 0 Å². The third-order valence-electron chi connectivity index (χ3n) is 7.04. The van der Waals surface area contributed by atoms with E-state index in [1.807, 2.05) is 29.8 Å². The molecule has 0 fully saturated rings. The highest BCUT2D eigenvalue weighted by Crippen LogP contribution is 2.48. The van der Waals surface area contributed by atoms with Crippen LogP contribution in [0.3, 0.4) is 0 Å². The molecule has 1 atom stereocenters. The molecule has 3 heterocycles. The van der Waals surface area contributed by atoms with Gasteiger partial charge in [0.2, 0.25) is 0 Å². The Morgan fingerprint density at radius 2 is 1.47 bits per heavy atom. The van der Waals surface area contributed by atoms with E-state index in [0.29, 0.717) is 0 Å². The molecule has 0 amide bonds. The third kappa shape index (κ3) is 2.33. The highest BCUT2D eigenvalue weighted by atomic mass is 32.1. The van der Waals surface area contributed by atoms with Crippen LogP contribution in [0.2, 0.25) is 0 Å². The van der Waals surface area contributed by atoms with E-state index in [-0.39, 0.29) is 6.29 Å². The monoisotopic (exact) mass is 453 g/mol. The summed E-state index contributed by atoms with van der Waals surface area (Å²) in [4.78, 5) is 4.83. The molecule has 2 aromatic heterocycles. The van der Waals surface area contributed by atoms with E-state index in [4.69, 9.17) is 4.99 Å². The number of rotatable bonds is 1. The number of hydrogen-bond donors (Lipinski definition) is 1. The number of nitrogens with one attached hydrogen (secondary N) is 1. The van der Waals surface area contributed by atoms with Crippen LogP contribution in [0.15, 0.2) is 102 Å². The minimum absolute atomic E-state index is 0.193. The summed E-state index contributed by atoms with van der Waals surface area (Å²) in [5.74, 6) is 0. The van der Waals surface area contributed by atoms with Gasteiger partial charge in [-0.1, -0.05) is 66.7 Å². The zero-order chi connectivity index (χ0) is 22.2. The van der Waals surface area contributed by atoms with Gasteiger partial charge in [-0.05, 0) is 40.4 Å². The van der Waals surface area contributed by atoms with Crippen LogP contribution in [-0.4, -0.2) is 10.8 Å². The normalized spacial score (nSPS) is 15.9. The van der Waals surface area contributed by atoms with E-state index >= 15 is 0 Å². The first kappa shape index (κ1) is 18.3. The van der Waals surface area contributed by atoms with Crippen LogP contribution in [0.4, 0.5) is 0 Å².